The minimum Gasteiger partial charge on any atom is -0.348 e. The van der Waals surface area contributed by atoms with Crippen LogP contribution in [0.5, 0.6) is 0 Å². The Hall–Kier alpha value is -3.25. The predicted molar refractivity (Wildman–Crippen MR) is 102 cm³/mol. The van der Waals surface area contributed by atoms with Gasteiger partial charge in [-0.25, -0.2) is 0 Å². The summed E-state index contributed by atoms with van der Waals surface area (Å²) in [4.78, 5) is 42.2. The van der Waals surface area contributed by atoms with Gasteiger partial charge in [0.25, 0.3) is 11.5 Å². The predicted octanol–water partition coefficient (Wildman–Crippen LogP) is 2.64. The van der Waals surface area contributed by atoms with Crippen LogP contribution in [0.15, 0.2) is 77.9 Å². The Bertz CT molecular complexity index is 1000. The summed E-state index contributed by atoms with van der Waals surface area (Å²) in [5.41, 5.74) is 0.458. The highest BCUT2D eigenvalue weighted by Gasteiger charge is 2.30. The fourth-order valence-corrected chi connectivity index (χ4v) is 2.76. The van der Waals surface area contributed by atoms with Gasteiger partial charge in [-0.05, 0) is 18.2 Å². The Morgan fingerprint density at radius 2 is 1.78 bits per heavy atom. The molecule has 3 aromatic rings. The zero-order valence-corrected chi connectivity index (χ0v) is 15.0. The highest BCUT2D eigenvalue weighted by molar-refractivity contribution is 6.30. The number of rotatable bonds is 6. The number of halogens is 1. The van der Waals surface area contributed by atoms with E-state index < -0.39 is 23.3 Å². The van der Waals surface area contributed by atoms with Crippen molar-refractivity contribution in [1.82, 2.24) is 14.9 Å². The molecule has 1 atom stereocenters. The van der Waals surface area contributed by atoms with Crippen LogP contribution in [0.3, 0.4) is 0 Å². The van der Waals surface area contributed by atoms with Crippen LogP contribution in [0.4, 0.5) is 0 Å². The van der Waals surface area contributed by atoms with Crippen molar-refractivity contribution in [2.75, 3.05) is 0 Å². The van der Waals surface area contributed by atoms with Crippen LogP contribution in [0.25, 0.3) is 0 Å². The number of ketones is 1. The maximum Gasteiger partial charge on any atom is 0.251 e. The Kier molecular flexibility index (Phi) is 5.78. The molecule has 6 nitrogen and oxygen atoms in total. The van der Waals surface area contributed by atoms with E-state index in [0.29, 0.717) is 11.3 Å². The second-order valence-corrected chi connectivity index (χ2v) is 6.20. The molecule has 0 spiro atoms. The minimum atomic E-state index is -1.37. The molecule has 0 fully saturated rings. The van der Waals surface area contributed by atoms with E-state index in [9.17, 15) is 14.4 Å². The molecule has 1 aromatic carbocycles. The zero-order valence-electron chi connectivity index (χ0n) is 14.2. The molecule has 1 amide bonds. The molecular weight excluding hydrogens is 366 g/mol. The van der Waals surface area contributed by atoms with E-state index in [2.05, 4.69) is 10.3 Å². The highest BCUT2D eigenvalue weighted by atomic mass is 35.5. The minimum absolute atomic E-state index is 0.132. The number of Topliss-reactive ketones (excluding diaryl/α,β-unsaturated/α-hetero) is 1. The first-order valence-electron chi connectivity index (χ1n) is 8.21. The lowest BCUT2D eigenvalue weighted by molar-refractivity contribution is -0.123. The number of carbonyl (C=O) groups excluding carboxylic acids is 2. The van der Waals surface area contributed by atoms with Crippen LogP contribution in [-0.2, 0) is 11.3 Å². The lowest BCUT2D eigenvalue weighted by atomic mass is 10.0. The first-order chi connectivity index (χ1) is 13.1. The summed E-state index contributed by atoms with van der Waals surface area (Å²) in [6, 6.07) is 14.9. The summed E-state index contributed by atoms with van der Waals surface area (Å²) in [5.74, 6) is -1.11. The number of nitrogens with zero attached hydrogens (tertiary/aromatic N) is 2. The average molecular weight is 382 g/mol. The summed E-state index contributed by atoms with van der Waals surface area (Å²) in [6.45, 7) is 0.132. The Labute approximate surface area is 160 Å². The smallest absolute Gasteiger partial charge is 0.251 e. The van der Waals surface area contributed by atoms with Crippen LogP contribution in [0, 0.1) is 0 Å². The molecule has 27 heavy (non-hydrogen) atoms. The number of pyridine rings is 2. The monoisotopic (exact) mass is 381 g/mol. The third kappa shape index (κ3) is 4.48. The number of benzene rings is 1. The summed E-state index contributed by atoms with van der Waals surface area (Å²) < 4.78 is 1.05. The summed E-state index contributed by atoms with van der Waals surface area (Å²) in [7, 11) is 0. The number of amides is 1. The van der Waals surface area contributed by atoms with Crippen LogP contribution >= 0.6 is 11.6 Å². The second-order valence-electron chi connectivity index (χ2n) is 5.76. The summed E-state index contributed by atoms with van der Waals surface area (Å²) in [6.07, 6.45) is 2.89. The lowest BCUT2D eigenvalue weighted by Crippen LogP contribution is -2.41. The van der Waals surface area contributed by atoms with Crippen LogP contribution in [-0.4, -0.2) is 21.2 Å². The number of nitrogens with one attached hydrogen (secondary N) is 1. The van der Waals surface area contributed by atoms with E-state index in [1.807, 2.05) is 0 Å². The molecule has 0 radical (unpaired) electrons. The fourth-order valence-electron chi connectivity index (χ4n) is 2.59. The molecule has 0 saturated heterocycles. The van der Waals surface area contributed by atoms with Gasteiger partial charge in [0.2, 0.25) is 0 Å². The van der Waals surface area contributed by atoms with Gasteiger partial charge >= 0.3 is 0 Å². The molecule has 0 saturated carbocycles. The van der Waals surface area contributed by atoms with Crippen molar-refractivity contribution in [2.45, 2.75) is 12.6 Å². The van der Waals surface area contributed by atoms with E-state index in [0.717, 1.165) is 4.57 Å². The van der Waals surface area contributed by atoms with Gasteiger partial charge in [0.15, 0.2) is 11.8 Å². The SMILES string of the molecule is O=C(NCc1ccccn1)C(C(=O)c1ccccc1)n1cc(Cl)ccc1=O. The number of carbonyl (C=O) groups is 2. The normalized spacial score (nSPS) is 11.6. The van der Waals surface area contributed by atoms with Crippen molar-refractivity contribution in [1.29, 1.82) is 0 Å². The molecular formula is C20H16ClN3O3. The molecule has 2 aromatic heterocycles. The van der Waals surface area contributed by atoms with E-state index in [1.165, 1.54) is 18.3 Å². The first kappa shape index (κ1) is 18.5. The number of hydrogen-bond donors (Lipinski definition) is 1. The fraction of sp³-hybridized carbons (Fsp3) is 0.100. The van der Waals surface area contributed by atoms with Gasteiger partial charge in [-0.15, -0.1) is 0 Å². The molecule has 2 heterocycles. The molecule has 1 N–H and O–H groups in total. The van der Waals surface area contributed by atoms with Gasteiger partial charge in [0, 0.05) is 24.0 Å². The standard InChI is InChI=1S/C20H16ClN3O3/c21-15-9-10-17(25)24(13-15)18(19(26)14-6-2-1-3-7-14)20(27)23-12-16-8-4-5-11-22-16/h1-11,13,18H,12H2,(H,23,27). The van der Waals surface area contributed by atoms with E-state index in [4.69, 9.17) is 11.6 Å². The van der Waals surface area contributed by atoms with Crippen molar-refractivity contribution >= 4 is 23.3 Å². The average Bonchev–Trinajstić information content (AvgIpc) is 2.70. The van der Waals surface area contributed by atoms with E-state index >= 15 is 0 Å². The third-order valence-electron chi connectivity index (χ3n) is 3.91. The summed E-state index contributed by atoms with van der Waals surface area (Å²) >= 11 is 5.98. The molecule has 0 bridgehead atoms. The van der Waals surface area contributed by atoms with E-state index in [1.54, 1.807) is 54.7 Å². The largest absolute Gasteiger partial charge is 0.348 e. The van der Waals surface area contributed by atoms with Gasteiger partial charge < -0.3 is 5.32 Å². The van der Waals surface area contributed by atoms with Gasteiger partial charge in [0.1, 0.15) is 0 Å². The van der Waals surface area contributed by atoms with Gasteiger partial charge in [-0.2, -0.15) is 0 Å². The summed E-state index contributed by atoms with van der Waals surface area (Å²) in [5, 5.41) is 2.92. The maximum atomic E-state index is 13.0. The van der Waals surface area contributed by atoms with Crippen LogP contribution in [0.2, 0.25) is 5.02 Å². The highest BCUT2D eigenvalue weighted by Crippen LogP contribution is 2.16. The molecule has 0 aliphatic heterocycles. The second kappa shape index (κ2) is 8.42. The van der Waals surface area contributed by atoms with E-state index in [-0.39, 0.29) is 11.6 Å². The van der Waals surface area contributed by atoms with Crippen molar-refractivity contribution in [3.8, 4) is 0 Å². The lowest BCUT2D eigenvalue weighted by Gasteiger charge is -2.18. The van der Waals surface area contributed by atoms with Crippen LogP contribution < -0.4 is 10.9 Å². The first-order valence-corrected chi connectivity index (χ1v) is 8.58. The number of hydrogen-bond acceptors (Lipinski definition) is 4. The van der Waals surface area contributed by atoms with Gasteiger partial charge in [0.05, 0.1) is 17.3 Å². The maximum absolute atomic E-state index is 13.0. The quantitative estimate of drug-likeness (QED) is 0.525. The van der Waals surface area contributed by atoms with Crippen LogP contribution in [0.1, 0.15) is 22.1 Å². The molecule has 136 valence electrons. The van der Waals surface area contributed by atoms with Crippen molar-refractivity contribution in [3.05, 3.63) is 99.7 Å². The molecule has 1 unspecified atom stereocenters. The van der Waals surface area contributed by atoms with Gasteiger partial charge in [-0.1, -0.05) is 48.0 Å². The zero-order chi connectivity index (χ0) is 19.2. The molecule has 7 heteroatoms. The Morgan fingerprint density at radius 3 is 2.48 bits per heavy atom. The molecule has 0 aliphatic carbocycles. The topological polar surface area (TPSA) is 81.1 Å². The van der Waals surface area contributed by atoms with Crippen molar-refractivity contribution in [2.24, 2.45) is 0 Å². The third-order valence-corrected chi connectivity index (χ3v) is 4.13. The molecule has 3 rings (SSSR count). The van der Waals surface area contributed by atoms with Crippen molar-refractivity contribution in [3.63, 3.8) is 0 Å². The molecule has 0 aliphatic rings. The number of aromatic nitrogens is 2. The Morgan fingerprint density at radius 1 is 1.04 bits per heavy atom. The van der Waals surface area contributed by atoms with Gasteiger partial charge in [-0.3, -0.25) is 23.9 Å². The van der Waals surface area contributed by atoms with Crippen molar-refractivity contribution < 1.29 is 9.59 Å². The Balaban J connectivity index is 1.94.